The molecule has 0 bridgehead atoms. The Morgan fingerprint density at radius 1 is 1.17 bits per heavy atom. The molecular formula is C15H29N3. The first-order chi connectivity index (χ1) is 8.54. The third kappa shape index (κ3) is 3.35. The van der Waals surface area contributed by atoms with Gasteiger partial charge in [0, 0.05) is 23.8 Å². The van der Waals surface area contributed by atoms with Crippen LogP contribution in [0.3, 0.4) is 0 Å². The molecular weight excluding hydrogens is 222 g/mol. The molecule has 2 atom stereocenters. The van der Waals surface area contributed by atoms with E-state index in [0.29, 0.717) is 12.0 Å². The van der Waals surface area contributed by atoms with Crippen LogP contribution < -0.4 is 5.32 Å². The summed E-state index contributed by atoms with van der Waals surface area (Å²) in [5.74, 6) is 0.690. The third-order valence-electron chi connectivity index (χ3n) is 3.83. The van der Waals surface area contributed by atoms with Gasteiger partial charge in [0.15, 0.2) is 0 Å². The highest BCUT2D eigenvalue weighted by molar-refractivity contribution is 5.28. The van der Waals surface area contributed by atoms with Crippen LogP contribution in [-0.4, -0.2) is 16.3 Å². The topological polar surface area (TPSA) is 29.9 Å². The van der Waals surface area contributed by atoms with Crippen molar-refractivity contribution in [3.63, 3.8) is 0 Å². The number of aryl methyl sites for hydroxylation is 1. The lowest BCUT2D eigenvalue weighted by atomic mass is 10.0. The smallest absolute Gasteiger partial charge is 0.0644 e. The minimum atomic E-state index is 0.445. The Bertz CT molecular complexity index is 368. The van der Waals surface area contributed by atoms with Gasteiger partial charge in [0.2, 0.25) is 0 Å². The SMILES string of the molecule is CCNC(CC)c1c(C)nn(CC(C)CC)c1C. The van der Waals surface area contributed by atoms with Crippen LogP contribution >= 0.6 is 0 Å². The minimum Gasteiger partial charge on any atom is -0.310 e. The first-order valence-corrected chi connectivity index (χ1v) is 7.32. The van der Waals surface area contributed by atoms with Crippen molar-refractivity contribution in [2.24, 2.45) is 5.92 Å². The average molecular weight is 251 g/mol. The predicted molar refractivity (Wildman–Crippen MR) is 77.9 cm³/mol. The second-order valence-corrected chi connectivity index (χ2v) is 5.30. The summed E-state index contributed by atoms with van der Waals surface area (Å²) in [6.45, 7) is 15.3. The largest absolute Gasteiger partial charge is 0.310 e. The summed E-state index contributed by atoms with van der Waals surface area (Å²) in [5, 5.41) is 8.28. The van der Waals surface area contributed by atoms with Crippen molar-refractivity contribution in [1.82, 2.24) is 15.1 Å². The summed E-state index contributed by atoms with van der Waals surface area (Å²) in [6.07, 6.45) is 2.32. The number of aromatic nitrogens is 2. The van der Waals surface area contributed by atoms with Crippen LogP contribution in [0.25, 0.3) is 0 Å². The Labute approximate surface area is 112 Å². The number of hydrogen-bond donors (Lipinski definition) is 1. The Hall–Kier alpha value is -0.830. The lowest BCUT2D eigenvalue weighted by Crippen LogP contribution is -2.21. The van der Waals surface area contributed by atoms with E-state index in [2.05, 4.69) is 51.5 Å². The molecule has 0 aliphatic carbocycles. The first kappa shape index (κ1) is 15.2. The first-order valence-electron chi connectivity index (χ1n) is 7.32. The van der Waals surface area contributed by atoms with E-state index in [9.17, 15) is 0 Å². The summed E-state index contributed by atoms with van der Waals surface area (Å²) < 4.78 is 2.19. The normalized spacial score (nSPS) is 14.8. The maximum Gasteiger partial charge on any atom is 0.0644 e. The highest BCUT2D eigenvalue weighted by Gasteiger charge is 2.19. The van der Waals surface area contributed by atoms with Crippen molar-refractivity contribution in [2.45, 2.75) is 67.0 Å². The Morgan fingerprint density at radius 3 is 2.33 bits per heavy atom. The zero-order valence-corrected chi connectivity index (χ0v) is 12.9. The monoisotopic (exact) mass is 251 g/mol. The second kappa shape index (κ2) is 6.93. The lowest BCUT2D eigenvalue weighted by Gasteiger charge is -2.17. The zero-order valence-electron chi connectivity index (χ0n) is 12.9. The molecule has 0 radical (unpaired) electrons. The van der Waals surface area contributed by atoms with Crippen LogP contribution in [0, 0.1) is 19.8 Å². The molecule has 0 aliphatic heterocycles. The van der Waals surface area contributed by atoms with Gasteiger partial charge in [-0.1, -0.05) is 34.1 Å². The van der Waals surface area contributed by atoms with E-state index in [-0.39, 0.29) is 0 Å². The molecule has 0 aliphatic rings. The van der Waals surface area contributed by atoms with Gasteiger partial charge in [-0.05, 0) is 32.7 Å². The molecule has 1 rings (SSSR count). The van der Waals surface area contributed by atoms with Crippen LogP contribution in [0.15, 0.2) is 0 Å². The van der Waals surface area contributed by atoms with Crippen molar-refractivity contribution >= 4 is 0 Å². The van der Waals surface area contributed by atoms with E-state index in [4.69, 9.17) is 5.10 Å². The van der Waals surface area contributed by atoms with Gasteiger partial charge < -0.3 is 5.32 Å². The molecule has 0 saturated carbocycles. The van der Waals surface area contributed by atoms with Crippen molar-refractivity contribution in [2.75, 3.05) is 6.54 Å². The molecule has 0 aromatic carbocycles. The predicted octanol–water partition coefficient (Wildman–Crippen LogP) is 3.61. The van der Waals surface area contributed by atoms with Crippen molar-refractivity contribution in [3.8, 4) is 0 Å². The Balaban J connectivity index is 2.99. The molecule has 0 saturated heterocycles. The fourth-order valence-corrected chi connectivity index (χ4v) is 2.51. The summed E-state index contributed by atoms with van der Waals surface area (Å²) in [7, 11) is 0. The second-order valence-electron chi connectivity index (χ2n) is 5.30. The standard InChI is InChI=1S/C15H29N3/c1-7-11(4)10-18-13(6)15(12(5)17-18)14(8-2)16-9-3/h11,14,16H,7-10H2,1-6H3. The van der Waals surface area contributed by atoms with E-state index in [1.165, 1.54) is 23.4 Å². The van der Waals surface area contributed by atoms with Gasteiger partial charge in [-0.15, -0.1) is 0 Å². The Morgan fingerprint density at radius 2 is 1.83 bits per heavy atom. The highest BCUT2D eigenvalue weighted by Crippen LogP contribution is 2.24. The molecule has 3 nitrogen and oxygen atoms in total. The molecule has 18 heavy (non-hydrogen) atoms. The minimum absolute atomic E-state index is 0.445. The van der Waals surface area contributed by atoms with E-state index in [0.717, 1.165) is 19.5 Å². The average Bonchev–Trinajstić information content (AvgIpc) is 2.62. The third-order valence-corrected chi connectivity index (χ3v) is 3.83. The zero-order chi connectivity index (χ0) is 13.7. The van der Waals surface area contributed by atoms with E-state index >= 15 is 0 Å². The van der Waals surface area contributed by atoms with Crippen LogP contribution in [0.5, 0.6) is 0 Å². The summed E-state index contributed by atoms with van der Waals surface area (Å²) in [5.41, 5.74) is 3.92. The van der Waals surface area contributed by atoms with Gasteiger partial charge in [0.05, 0.1) is 5.69 Å². The number of hydrogen-bond acceptors (Lipinski definition) is 2. The van der Waals surface area contributed by atoms with Crippen LogP contribution in [0.2, 0.25) is 0 Å². The molecule has 0 fully saturated rings. The van der Waals surface area contributed by atoms with Gasteiger partial charge in [-0.25, -0.2) is 0 Å². The fourth-order valence-electron chi connectivity index (χ4n) is 2.51. The van der Waals surface area contributed by atoms with Crippen LogP contribution in [0.4, 0.5) is 0 Å². The van der Waals surface area contributed by atoms with E-state index < -0.39 is 0 Å². The van der Waals surface area contributed by atoms with Crippen LogP contribution in [0.1, 0.15) is 63.5 Å². The quantitative estimate of drug-likeness (QED) is 0.802. The van der Waals surface area contributed by atoms with E-state index in [1.807, 2.05) is 0 Å². The van der Waals surface area contributed by atoms with Gasteiger partial charge >= 0.3 is 0 Å². The van der Waals surface area contributed by atoms with Crippen molar-refractivity contribution in [1.29, 1.82) is 0 Å². The lowest BCUT2D eigenvalue weighted by molar-refractivity contribution is 0.430. The summed E-state index contributed by atoms with van der Waals surface area (Å²) >= 11 is 0. The van der Waals surface area contributed by atoms with Gasteiger partial charge in [0.25, 0.3) is 0 Å². The molecule has 104 valence electrons. The molecule has 3 heteroatoms. The van der Waals surface area contributed by atoms with E-state index in [1.54, 1.807) is 0 Å². The summed E-state index contributed by atoms with van der Waals surface area (Å²) in [4.78, 5) is 0. The fraction of sp³-hybridized carbons (Fsp3) is 0.800. The van der Waals surface area contributed by atoms with Crippen molar-refractivity contribution in [3.05, 3.63) is 17.0 Å². The number of nitrogens with zero attached hydrogens (tertiary/aromatic N) is 2. The molecule has 0 spiro atoms. The summed E-state index contributed by atoms with van der Waals surface area (Å²) in [6, 6.07) is 0.445. The molecule has 0 amide bonds. The highest BCUT2D eigenvalue weighted by atomic mass is 15.3. The molecule has 1 aromatic heterocycles. The van der Waals surface area contributed by atoms with Crippen LogP contribution in [-0.2, 0) is 6.54 Å². The molecule has 1 heterocycles. The molecule has 1 aromatic rings. The van der Waals surface area contributed by atoms with Gasteiger partial charge in [-0.2, -0.15) is 5.10 Å². The van der Waals surface area contributed by atoms with Gasteiger partial charge in [0.1, 0.15) is 0 Å². The molecule has 2 unspecified atom stereocenters. The Kier molecular flexibility index (Phi) is 5.86. The maximum atomic E-state index is 4.73. The van der Waals surface area contributed by atoms with Crippen molar-refractivity contribution < 1.29 is 0 Å². The number of nitrogens with one attached hydrogen (secondary N) is 1. The maximum absolute atomic E-state index is 4.73. The number of rotatable bonds is 7. The molecule has 1 N–H and O–H groups in total. The van der Waals surface area contributed by atoms with Gasteiger partial charge in [-0.3, -0.25) is 4.68 Å².